The number of pyridine rings is 2. The minimum atomic E-state index is -0.0394. The molecule has 1 atom stereocenters. The van der Waals surface area contributed by atoms with E-state index < -0.39 is 0 Å². The molecule has 0 radical (unpaired) electrons. The van der Waals surface area contributed by atoms with E-state index >= 15 is 0 Å². The predicted octanol–water partition coefficient (Wildman–Crippen LogP) is 4.79. The number of aromatic nitrogens is 2. The average molecular weight is 378 g/mol. The number of hydrogen-bond acceptors (Lipinski definition) is 4. The van der Waals surface area contributed by atoms with Crippen LogP contribution in [0.4, 0.5) is 0 Å². The van der Waals surface area contributed by atoms with Gasteiger partial charge < -0.3 is 10.7 Å². The number of hydrogen-bond donors (Lipinski definition) is 2. The summed E-state index contributed by atoms with van der Waals surface area (Å²) in [7, 11) is 0. The fraction of sp³-hybridized carbons (Fsp3) is 0.273. The Kier molecular flexibility index (Phi) is 4.36. The monoisotopic (exact) mass is 377 g/mol. The summed E-state index contributed by atoms with van der Waals surface area (Å²) in [6.07, 6.45) is 0. The molecule has 4 aromatic rings. The first kappa shape index (κ1) is 17.9. The van der Waals surface area contributed by atoms with E-state index in [1.807, 2.05) is 20.8 Å². The smallest absolute Gasteiger partial charge is 0.266 e. The summed E-state index contributed by atoms with van der Waals surface area (Å²) in [5, 5.41) is 2.10. The molecule has 0 amide bonds. The fourth-order valence-electron chi connectivity index (χ4n) is 3.78. The molecule has 27 heavy (non-hydrogen) atoms. The number of thiophene rings is 1. The molecule has 0 bridgehead atoms. The molecule has 3 aromatic heterocycles. The Morgan fingerprint density at radius 1 is 1.15 bits per heavy atom. The van der Waals surface area contributed by atoms with Gasteiger partial charge in [-0.1, -0.05) is 31.2 Å². The van der Waals surface area contributed by atoms with E-state index in [1.54, 1.807) is 11.3 Å². The highest BCUT2D eigenvalue weighted by Gasteiger charge is 2.18. The second-order valence-corrected chi connectivity index (χ2v) is 8.48. The van der Waals surface area contributed by atoms with E-state index in [-0.39, 0.29) is 5.56 Å². The molecular formula is C22H23N3OS. The normalized spacial score (nSPS) is 12.8. The van der Waals surface area contributed by atoms with E-state index in [1.165, 1.54) is 5.56 Å². The van der Waals surface area contributed by atoms with Crippen molar-refractivity contribution in [1.29, 1.82) is 0 Å². The van der Waals surface area contributed by atoms with Crippen molar-refractivity contribution in [2.75, 3.05) is 6.54 Å². The lowest BCUT2D eigenvalue weighted by molar-refractivity contribution is 0.774. The van der Waals surface area contributed by atoms with Crippen LogP contribution in [0.3, 0.4) is 0 Å². The predicted molar refractivity (Wildman–Crippen MR) is 115 cm³/mol. The molecule has 138 valence electrons. The van der Waals surface area contributed by atoms with Crippen molar-refractivity contribution in [2.24, 2.45) is 5.73 Å². The third kappa shape index (κ3) is 2.87. The number of nitrogens with one attached hydrogen (secondary N) is 1. The molecule has 5 heteroatoms. The summed E-state index contributed by atoms with van der Waals surface area (Å²) in [4.78, 5) is 21.5. The maximum atomic E-state index is 12.6. The van der Waals surface area contributed by atoms with Crippen LogP contribution in [0.1, 0.15) is 34.7 Å². The summed E-state index contributed by atoms with van der Waals surface area (Å²) in [5.74, 6) is 0.329. The highest BCUT2D eigenvalue weighted by molar-refractivity contribution is 7.19. The van der Waals surface area contributed by atoms with Gasteiger partial charge in [0.2, 0.25) is 0 Å². The third-order valence-electron chi connectivity index (χ3n) is 5.25. The van der Waals surface area contributed by atoms with Crippen LogP contribution in [0.2, 0.25) is 0 Å². The summed E-state index contributed by atoms with van der Waals surface area (Å²) in [5.41, 5.74) is 11.8. The molecule has 4 rings (SSSR count). The van der Waals surface area contributed by atoms with Crippen molar-refractivity contribution in [2.45, 2.75) is 33.6 Å². The van der Waals surface area contributed by atoms with E-state index in [0.29, 0.717) is 12.5 Å². The van der Waals surface area contributed by atoms with Gasteiger partial charge in [-0.25, -0.2) is 0 Å². The number of H-pyrrole nitrogens is 1. The number of rotatable bonds is 3. The molecule has 1 aromatic carbocycles. The zero-order valence-corrected chi connectivity index (χ0v) is 16.8. The van der Waals surface area contributed by atoms with E-state index in [4.69, 9.17) is 10.7 Å². The van der Waals surface area contributed by atoms with Crippen LogP contribution in [-0.2, 0) is 0 Å². The molecule has 0 saturated carbocycles. The Morgan fingerprint density at radius 3 is 2.52 bits per heavy atom. The van der Waals surface area contributed by atoms with Gasteiger partial charge in [-0.15, -0.1) is 11.3 Å². The molecule has 3 heterocycles. The van der Waals surface area contributed by atoms with Crippen LogP contribution in [0.25, 0.3) is 32.1 Å². The molecule has 1 unspecified atom stereocenters. The van der Waals surface area contributed by atoms with Gasteiger partial charge in [-0.3, -0.25) is 9.78 Å². The van der Waals surface area contributed by atoms with Gasteiger partial charge in [0.1, 0.15) is 4.70 Å². The van der Waals surface area contributed by atoms with Crippen LogP contribution in [0, 0.1) is 20.8 Å². The minimum absolute atomic E-state index is 0.0394. The number of aryl methyl sites for hydroxylation is 3. The fourth-order valence-corrected chi connectivity index (χ4v) is 4.69. The second-order valence-electron chi connectivity index (χ2n) is 7.22. The van der Waals surface area contributed by atoms with Crippen LogP contribution < -0.4 is 11.3 Å². The third-order valence-corrected chi connectivity index (χ3v) is 6.30. The number of nitrogens with zero attached hydrogens (tertiary/aromatic N) is 1. The Balaban J connectivity index is 2.08. The van der Waals surface area contributed by atoms with Crippen molar-refractivity contribution in [1.82, 2.24) is 9.97 Å². The minimum Gasteiger partial charge on any atom is -0.330 e. The van der Waals surface area contributed by atoms with Crippen LogP contribution in [0.5, 0.6) is 0 Å². The van der Waals surface area contributed by atoms with E-state index in [2.05, 4.69) is 42.2 Å². The Bertz CT molecular complexity index is 1220. The molecule has 0 spiro atoms. The quantitative estimate of drug-likeness (QED) is 0.539. The van der Waals surface area contributed by atoms with E-state index in [9.17, 15) is 4.79 Å². The summed E-state index contributed by atoms with van der Waals surface area (Å²) in [6.45, 7) is 8.79. The van der Waals surface area contributed by atoms with E-state index in [0.717, 1.165) is 48.4 Å². The highest BCUT2D eigenvalue weighted by atomic mass is 32.1. The van der Waals surface area contributed by atoms with Crippen LogP contribution >= 0.6 is 11.3 Å². The summed E-state index contributed by atoms with van der Waals surface area (Å²) >= 11 is 1.54. The van der Waals surface area contributed by atoms with Crippen molar-refractivity contribution < 1.29 is 0 Å². The lowest BCUT2D eigenvalue weighted by Crippen LogP contribution is -2.09. The number of fused-ring (bicyclic) bond motifs is 3. The van der Waals surface area contributed by atoms with Gasteiger partial charge in [-0.05, 0) is 50.4 Å². The van der Waals surface area contributed by atoms with Crippen LogP contribution in [-0.4, -0.2) is 16.5 Å². The molecule has 0 saturated heterocycles. The molecule has 0 aliphatic rings. The molecule has 3 N–H and O–H groups in total. The van der Waals surface area contributed by atoms with Crippen molar-refractivity contribution in [3.63, 3.8) is 0 Å². The first-order valence-corrected chi connectivity index (χ1v) is 9.96. The van der Waals surface area contributed by atoms with Crippen molar-refractivity contribution >= 4 is 32.3 Å². The zero-order valence-electron chi connectivity index (χ0n) is 16.0. The largest absolute Gasteiger partial charge is 0.330 e. The van der Waals surface area contributed by atoms with Crippen molar-refractivity contribution in [3.8, 4) is 11.1 Å². The zero-order chi connectivity index (χ0) is 19.3. The van der Waals surface area contributed by atoms with Crippen molar-refractivity contribution in [3.05, 3.63) is 62.5 Å². The maximum absolute atomic E-state index is 12.6. The van der Waals surface area contributed by atoms with Gasteiger partial charge >= 0.3 is 0 Å². The second kappa shape index (κ2) is 6.59. The highest BCUT2D eigenvalue weighted by Crippen LogP contribution is 2.37. The van der Waals surface area contributed by atoms with Gasteiger partial charge in [0.25, 0.3) is 5.56 Å². The van der Waals surface area contributed by atoms with Gasteiger partial charge in [0.15, 0.2) is 0 Å². The molecular weight excluding hydrogens is 354 g/mol. The summed E-state index contributed by atoms with van der Waals surface area (Å²) < 4.78 is 0.777. The van der Waals surface area contributed by atoms with Gasteiger partial charge in [0, 0.05) is 26.9 Å². The lowest BCUT2D eigenvalue weighted by Gasteiger charge is -2.15. The molecule has 4 nitrogen and oxygen atoms in total. The molecule has 0 aliphatic carbocycles. The Labute approximate surface area is 162 Å². The Hall–Kier alpha value is -2.50. The SMILES string of the molecule is Cc1cc2c(s1)c(=O)[nH]c1c(C)nc(C)c(-c3ccc(C(C)CN)cc3)c12. The standard InChI is InChI=1S/C22H23N3OS/c1-11(10-23)15-5-7-16(8-6-15)18-13(3)24-14(4)20-19(18)17-9-12(2)27-21(17)22(26)25-20/h5-9,11H,10,23H2,1-4H3,(H,25,26). The Morgan fingerprint density at radius 2 is 1.85 bits per heavy atom. The number of aromatic amines is 1. The topological polar surface area (TPSA) is 71.8 Å². The lowest BCUT2D eigenvalue weighted by atomic mass is 9.93. The molecule has 0 fully saturated rings. The first-order chi connectivity index (χ1) is 12.9. The first-order valence-electron chi connectivity index (χ1n) is 9.14. The average Bonchev–Trinajstić information content (AvgIpc) is 3.05. The summed E-state index contributed by atoms with van der Waals surface area (Å²) in [6, 6.07) is 10.7. The maximum Gasteiger partial charge on any atom is 0.266 e. The number of nitrogens with two attached hydrogens (primary N) is 1. The molecule has 0 aliphatic heterocycles. The number of benzene rings is 1. The van der Waals surface area contributed by atoms with Gasteiger partial charge in [-0.2, -0.15) is 0 Å². The van der Waals surface area contributed by atoms with Gasteiger partial charge in [0.05, 0.1) is 11.2 Å². The van der Waals surface area contributed by atoms with Crippen LogP contribution in [0.15, 0.2) is 35.1 Å².